The molecule has 0 saturated heterocycles. The number of nitrogens with zero attached hydrogens (tertiary/aromatic N) is 3. The number of nitrogens with one attached hydrogen (secondary N) is 1. The summed E-state index contributed by atoms with van der Waals surface area (Å²) in [6.07, 6.45) is 3.97. The number of hydrogen-bond acceptors (Lipinski definition) is 6. The molecule has 0 aliphatic heterocycles. The first-order chi connectivity index (χ1) is 9.31. The van der Waals surface area contributed by atoms with Crippen molar-refractivity contribution >= 4 is 5.91 Å². The minimum atomic E-state index is -0.385. The van der Waals surface area contributed by atoms with E-state index >= 15 is 0 Å². The minimum Gasteiger partial charge on any atom is -0.385 e. The number of rotatable bonds is 6. The summed E-state index contributed by atoms with van der Waals surface area (Å²) in [6.45, 7) is 1.09. The molecule has 0 aliphatic carbocycles. The minimum absolute atomic E-state index is 0.0516. The second kappa shape index (κ2) is 6.60. The molecular formula is C12H14N4O3. The van der Waals surface area contributed by atoms with Crippen LogP contribution in [0.3, 0.4) is 0 Å². The zero-order valence-electron chi connectivity index (χ0n) is 10.5. The Morgan fingerprint density at radius 2 is 2.21 bits per heavy atom. The van der Waals surface area contributed by atoms with Crippen molar-refractivity contribution in [3.63, 3.8) is 0 Å². The molecular weight excluding hydrogens is 248 g/mol. The van der Waals surface area contributed by atoms with E-state index in [9.17, 15) is 4.79 Å². The Morgan fingerprint density at radius 3 is 2.95 bits per heavy atom. The average molecular weight is 262 g/mol. The molecule has 7 nitrogen and oxygen atoms in total. The van der Waals surface area contributed by atoms with Gasteiger partial charge in [-0.05, 0) is 18.6 Å². The van der Waals surface area contributed by atoms with Crippen LogP contribution in [0.1, 0.15) is 17.1 Å². The summed E-state index contributed by atoms with van der Waals surface area (Å²) in [6, 6.07) is 3.48. The Hall–Kier alpha value is -2.28. The molecule has 0 bridgehead atoms. The molecule has 100 valence electrons. The molecule has 0 radical (unpaired) electrons. The fourth-order valence-electron chi connectivity index (χ4n) is 1.43. The molecule has 2 aromatic rings. The first-order valence-electron chi connectivity index (χ1n) is 5.82. The predicted octanol–water partition coefficient (Wildman–Crippen LogP) is 0.898. The third-order valence-corrected chi connectivity index (χ3v) is 2.37. The van der Waals surface area contributed by atoms with Gasteiger partial charge in [0, 0.05) is 38.2 Å². The predicted molar refractivity (Wildman–Crippen MR) is 66.4 cm³/mol. The molecule has 0 aliphatic rings. The molecule has 7 heteroatoms. The molecule has 0 aromatic carbocycles. The SMILES string of the molecule is COCCCNC(=O)c1nc(-c2ccncc2)no1. The summed E-state index contributed by atoms with van der Waals surface area (Å²) < 4.78 is 9.80. The zero-order valence-corrected chi connectivity index (χ0v) is 10.5. The van der Waals surface area contributed by atoms with Gasteiger partial charge in [0.05, 0.1) is 0 Å². The zero-order chi connectivity index (χ0) is 13.5. The number of hydrogen-bond donors (Lipinski definition) is 1. The van der Waals surface area contributed by atoms with Crippen LogP contribution in [0.5, 0.6) is 0 Å². The van der Waals surface area contributed by atoms with Gasteiger partial charge in [-0.3, -0.25) is 9.78 Å². The van der Waals surface area contributed by atoms with Crippen LogP contribution in [0.2, 0.25) is 0 Å². The van der Waals surface area contributed by atoms with E-state index in [2.05, 4.69) is 20.4 Å². The maximum Gasteiger partial charge on any atom is 0.316 e. The standard InChI is InChI=1S/C12H14N4O3/c1-18-8-2-5-14-11(17)12-15-10(16-19-12)9-3-6-13-7-4-9/h3-4,6-7H,2,5,8H2,1H3,(H,14,17). The van der Waals surface area contributed by atoms with E-state index in [0.717, 1.165) is 12.0 Å². The number of pyridine rings is 1. The highest BCUT2D eigenvalue weighted by molar-refractivity contribution is 5.89. The third kappa shape index (κ3) is 3.59. The van der Waals surface area contributed by atoms with Gasteiger partial charge in [0.25, 0.3) is 0 Å². The Kier molecular flexibility index (Phi) is 4.57. The number of ether oxygens (including phenoxy) is 1. The van der Waals surface area contributed by atoms with Gasteiger partial charge in [-0.15, -0.1) is 0 Å². The first-order valence-corrected chi connectivity index (χ1v) is 5.82. The van der Waals surface area contributed by atoms with Gasteiger partial charge >= 0.3 is 11.8 Å². The topological polar surface area (TPSA) is 90.1 Å². The highest BCUT2D eigenvalue weighted by atomic mass is 16.5. The van der Waals surface area contributed by atoms with Crippen LogP contribution in [-0.2, 0) is 4.74 Å². The summed E-state index contributed by atoms with van der Waals surface area (Å²) >= 11 is 0. The monoisotopic (exact) mass is 262 g/mol. The van der Waals surface area contributed by atoms with E-state index in [1.807, 2.05) is 0 Å². The Morgan fingerprint density at radius 1 is 1.42 bits per heavy atom. The fraction of sp³-hybridized carbons (Fsp3) is 0.333. The van der Waals surface area contributed by atoms with Crippen molar-refractivity contribution in [2.24, 2.45) is 0 Å². The molecule has 0 spiro atoms. The van der Waals surface area contributed by atoms with E-state index < -0.39 is 0 Å². The Labute approximate surface area is 110 Å². The summed E-state index contributed by atoms with van der Waals surface area (Å²) in [5.41, 5.74) is 0.747. The molecule has 2 heterocycles. The molecule has 19 heavy (non-hydrogen) atoms. The number of amides is 1. The Balaban J connectivity index is 1.95. The summed E-state index contributed by atoms with van der Waals surface area (Å²) in [4.78, 5) is 19.6. The van der Waals surface area contributed by atoms with Gasteiger partial charge in [0.2, 0.25) is 5.82 Å². The maximum absolute atomic E-state index is 11.7. The lowest BCUT2D eigenvalue weighted by atomic mass is 10.2. The summed E-state index contributed by atoms with van der Waals surface area (Å²) in [5, 5.41) is 6.42. The fourth-order valence-corrected chi connectivity index (χ4v) is 1.43. The number of aromatic nitrogens is 3. The molecule has 0 atom stereocenters. The van der Waals surface area contributed by atoms with Crippen molar-refractivity contribution in [1.82, 2.24) is 20.4 Å². The lowest BCUT2D eigenvalue weighted by Gasteiger charge is -2.00. The number of carbonyl (C=O) groups excluding carboxylic acids is 1. The van der Waals surface area contributed by atoms with Gasteiger partial charge in [0.1, 0.15) is 0 Å². The van der Waals surface area contributed by atoms with Crippen LogP contribution < -0.4 is 5.32 Å². The molecule has 2 aromatic heterocycles. The van der Waals surface area contributed by atoms with Crippen LogP contribution >= 0.6 is 0 Å². The van der Waals surface area contributed by atoms with Crippen molar-refractivity contribution in [3.8, 4) is 11.4 Å². The van der Waals surface area contributed by atoms with Crippen molar-refractivity contribution in [2.75, 3.05) is 20.3 Å². The van der Waals surface area contributed by atoms with Crippen molar-refractivity contribution in [2.45, 2.75) is 6.42 Å². The second-order valence-corrected chi connectivity index (χ2v) is 3.76. The average Bonchev–Trinajstić information content (AvgIpc) is 2.94. The van der Waals surface area contributed by atoms with Crippen molar-refractivity contribution in [3.05, 3.63) is 30.4 Å². The van der Waals surface area contributed by atoms with E-state index in [-0.39, 0.29) is 11.8 Å². The molecule has 0 saturated carbocycles. The Bertz CT molecular complexity index is 527. The highest BCUT2D eigenvalue weighted by Crippen LogP contribution is 2.13. The van der Waals surface area contributed by atoms with Gasteiger partial charge in [-0.2, -0.15) is 4.98 Å². The van der Waals surface area contributed by atoms with Crippen LogP contribution in [0.15, 0.2) is 29.0 Å². The van der Waals surface area contributed by atoms with Crippen LogP contribution in [-0.4, -0.2) is 41.3 Å². The van der Waals surface area contributed by atoms with Gasteiger partial charge in [-0.25, -0.2) is 0 Å². The van der Waals surface area contributed by atoms with Crippen LogP contribution in [0.4, 0.5) is 0 Å². The van der Waals surface area contributed by atoms with E-state index in [0.29, 0.717) is 19.0 Å². The van der Waals surface area contributed by atoms with Crippen molar-refractivity contribution in [1.29, 1.82) is 0 Å². The van der Waals surface area contributed by atoms with E-state index in [1.54, 1.807) is 31.6 Å². The largest absolute Gasteiger partial charge is 0.385 e. The van der Waals surface area contributed by atoms with Crippen molar-refractivity contribution < 1.29 is 14.1 Å². The lowest BCUT2D eigenvalue weighted by Crippen LogP contribution is -2.25. The van der Waals surface area contributed by atoms with Gasteiger partial charge in [-0.1, -0.05) is 5.16 Å². The quantitative estimate of drug-likeness (QED) is 0.778. The van der Waals surface area contributed by atoms with Crippen LogP contribution in [0.25, 0.3) is 11.4 Å². The maximum atomic E-state index is 11.7. The van der Waals surface area contributed by atoms with Crippen LogP contribution in [0, 0.1) is 0 Å². The molecule has 1 amide bonds. The highest BCUT2D eigenvalue weighted by Gasteiger charge is 2.15. The number of methoxy groups -OCH3 is 1. The second-order valence-electron chi connectivity index (χ2n) is 3.76. The number of carbonyl (C=O) groups is 1. The summed E-state index contributed by atoms with van der Waals surface area (Å²) in [5.74, 6) is -0.0717. The normalized spacial score (nSPS) is 10.4. The first kappa shape index (κ1) is 13.2. The van der Waals surface area contributed by atoms with Gasteiger partial charge in [0.15, 0.2) is 0 Å². The smallest absolute Gasteiger partial charge is 0.316 e. The molecule has 1 N–H and O–H groups in total. The lowest BCUT2D eigenvalue weighted by molar-refractivity contribution is 0.0905. The van der Waals surface area contributed by atoms with E-state index in [1.165, 1.54) is 0 Å². The van der Waals surface area contributed by atoms with E-state index in [4.69, 9.17) is 9.26 Å². The summed E-state index contributed by atoms with van der Waals surface area (Å²) in [7, 11) is 1.61. The third-order valence-electron chi connectivity index (χ3n) is 2.37. The molecule has 0 unspecified atom stereocenters. The molecule has 0 fully saturated rings. The van der Waals surface area contributed by atoms with Gasteiger partial charge < -0.3 is 14.6 Å². The molecule has 2 rings (SSSR count).